The van der Waals surface area contributed by atoms with Crippen LogP contribution in [0.1, 0.15) is 66.5 Å². The molecule has 187 valence electrons. The van der Waals surface area contributed by atoms with Gasteiger partial charge in [0, 0.05) is 12.2 Å². The van der Waals surface area contributed by atoms with Gasteiger partial charge in [-0.1, -0.05) is 39.0 Å². The van der Waals surface area contributed by atoms with Gasteiger partial charge in [0.15, 0.2) is 0 Å². The van der Waals surface area contributed by atoms with Gasteiger partial charge in [-0.2, -0.15) is 6.67 Å². The third-order valence-electron chi connectivity index (χ3n) is 5.23. The van der Waals surface area contributed by atoms with Crippen LogP contribution in [0.5, 0.6) is 5.75 Å². The van der Waals surface area contributed by atoms with Gasteiger partial charge in [0.25, 0.3) is 0 Å². The molecular formula is C28H43ClN2ORu-. The van der Waals surface area contributed by atoms with E-state index in [0.29, 0.717) is 6.10 Å². The van der Waals surface area contributed by atoms with Crippen LogP contribution in [0.15, 0.2) is 48.5 Å². The summed E-state index contributed by atoms with van der Waals surface area (Å²) in [4.78, 5) is 4.82. The Labute approximate surface area is 214 Å². The molecule has 3 rings (SSSR count). The Kier molecular flexibility index (Phi) is 11.8. The van der Waals surface area contributed by atoms with Gasteiger partial charge in [-0.25, -0.2) is 0 Å². The van der Waals surface area contributed by atoms with Gasteiger partial charge in [0.05, 0.1) is 0 Å². The summed E-state index contributed by atoms with van der Waals surface area (Å²) in [6.45, 7) is 22.2. The Morgan fingerprint density at radius 2 is 1.58 bits per heavy atom. The number of aromatic hydroxyl groups is 1. The van der Waals surface area contributed by atoms with Crippen LogP contribution in [0.25, 0.3) is 0 Å². The van der Waals surface area contributed by atoms with Crippen LogP contribution in [0, 0.1) is 14.1 Å². The van der Waals surface area contributed by atoms with E-state index in [9.17, 15) is 0 Å². The molecular weight excluding hydrogens is 517 g/mol. The first kappa shape index (κ1) is 29.8. The summed E-state index contributed by atoms with van der Waals surface area (Å²) in [7, 11) is 5.74. The summed E-state index contributed by atoms with van der Waals surface area (Å²) >= 11 is -0.171. The average Bonchev–Trinajstić information content (AvgIpc) is 3.20. The fraction of sp³-hybridized carbons (Fsp3) is 0.464. The van der Waals surface area contributed by atoms with Crippen LogP contribution < -0.4 is 4.90 Å². The first-order valence-corrected chi connectivity index (χ1v) is 14.5. The second kappa shape index (κ2) is 13.0. The summed E-state index contributed by atoms with van der Waals surface area (Å²) in [5, 5.41) is 0. The standard InChI is InChI=1S/C17H27N2.C10H12O.CH3.ClH.Ru/c1-16(2,3)14-9-7-8-10-15(14)18-11-12-19(13-18)17(4,5)6;1-8(2)11-10-7-5-4-6-9(10)3;;;/h7-10,13H,11-12H2,1-6H3;3-8H,1-2H3;1H3;1H;/q-1;;-1;;+1. The van der Waals surface area contributed by atoms with Crippen molar-refractivity contribution in [2.24, 2.45) is 0 Å². The molecule has 0 amide bonds. The molecule has 2 aromatic carbocycles. The third-order valence-corrected chi connectivity index (χ3v) is 6.41. The quantitative estimate of drug-likeness (QED) is 0.224. The minimum Gasteiger partial charge on any atom is -0.358 e. The second-order valence-corrected chi connectivity index (χ2v) is 12.2. The van der Waals surface area contributed by atoms with Crippen molar-refractivity contribution in [3.8, 4) is 5.75 Å². The monoisotopic (exact) mass is 560 g/mol. The zero-order valence-corrected chi connectivity index (χ0v) is 24.3. The number of benzene rings is 2. The number of hydrogen-bond acceptors (Lipinski definition) is 2. The molecule has 1 heterocycles. The van der Waals surface area contributed by atoms with Gasteiger partial charge < -0.3 is 17.2 Å². The summed E-state index contributed by atoms with van der Waals surface area (Å²) in [6.07, 6.45) is 0.334. The number of hydrogen-bond donors (Lipinski definition) is 0. The van der Waals surface area contributed by atoms with Crippen LogP contribution >= 0.6 is 9.69 Å². The molecule has 1 aliphatic heterocycles. The third kappa shape index (κ3) is 9.15. The van der Waals surface area contributed by atoms with Crippen molar-refractivity contribution in [2.75, 3.05) is 18.0 Å². The van der Waals surface area contributed by atoms with Gasteiger partial charge in [0.2, 0.25) is 0 Å². The molecule has 0 aliphatic carbocycles. The summed E-state index contributed by atoms with van der Waals surface area (Å²) < 4.78 is 6.57. The molecule has 0 radical (unpaired) electrons. The van der Waals surface area contributed by atoms with Crippen LogP contribution in [0.4, 0.5) is 5.69 Å². The molecule has 0 unspecified atom stereocenters. The molecule has 5 heteroatoms. The molecule has 1 fully saturated rings. The molecule has 3 nitrogen and oxygen atoms in total. The zero-order chi connectivity index (χ0) is 23.9. The van der Waals surface area contributed by atoms with Crippen molar-refractivity contribution in [2.45, 2.75) is 72.4 Å². The van der Waals surface area contributed by atoms with Crippen LogP contribution in [0.2, 0.25) is 0 Å². The van der Waals surface area contributed by atoms with E-state index in [4.69, 9.17) is 9.69 Å². The van der Waals surface area contributed by atoms with Gasteiger partial charge in [-0.15, -0.1) is 0 Å². The van der Waals surface area contributed by atoms with E-state index in [-0.39, 0.29) is 34.1 Å². The van der Waals surface area contributed by atoms with E-state index in [1.54, 1.807) is 0 Å². The molecule has 0 atom stereocenters. The Hall–Kier alpha value is -1.22. The number of halogens is 1. The minimum absolute atomic E-state index is 0. The fourth-order valence-electron chi connectivity index (χ4n) is 3.56. The van der Waals surface area contributed by atoms with E-state index in [1.807, 2.05) is 18.2 Å². The molecule has 1 saturated heterocycles. The van der Waals surface area contributed by atoms with E-state index < -0.39 is 0 Å². The minimum atomic E-state index is -0.171. The number of anilines is 1. The van der Waals surface area contributed by atoms with Crippen molar-refractivity contribution in [1.82, 2.24) is 4.90 Å². The Morgan fingerprint density at radius 3 is 2.12 bits per heavy atom. The second-order valence-electron chi connectivity index (χ2n) is 10.4. The van der Waals surface area contributed by atoms with Crippen LogP contribution in [-0.2, 0) is 21.1 Å². The largest absolute Gasteiger partial charge is 0.358 e. The number of nitrogens with zero attached hydrogens (tertiary/aromatic N) is 2. The molecule has 0 bridgehead atoms. The summed E-state index contributed by atoms with van der Waals surface area (Å²) in [6, 6.07) is 16.9. The van der Waals surface area contributed by atoms with E-state index in [0.717, 1.165) is 24.4 Å². The topological polar surface area (TPSA) is 19.3 Å². The maximum absolute atomic E-state index is 5.74. The SMILES string of the molecule is CC(C)(C)c1ccccc1N1[CH-]N(C(C)(C)C)CC1.CC(C)[OH+]c1ccccc1[CH]=[Ru][Cl].[CH3-]. The van der Waals surface area contributed by atoms with Crippen molar-refractivity contribution >= 4 is 20.0 Å². The average molecular weight is 560 g/mol. The van der Waals surface area contributed by atoms with Gasteiger partial charge in [-0.3, -0.25) is 0 Å². The molecule has 1 aliphatic rings. The first-order valence-electron chi connectivity index (χ1n) is 11.3. The van der Waals surface area contributed by atoms with Crippen molar-refractivity contribution in [3.05, 3.63) is 73.8 Å². The van der Waals surface area contributed by atoms with Crippen molar-refractivity contribution < 1.29 is 20.4 Å². The van der Waals surface area contributed by atoms with E-state index >= 15 is 0 Å². The number of rotatable bonds is 4. The maximum Gasteiger partial charge on any atom is -0.358 e. The molecule has 0 saturated carbocycles. The molecule has 0 aromatic heterocycles. The molecule has 2 aromatic rings. The Bertz CT molecular complexity index is 884. The van der Waals surface area contributed by atoms with Crippen molar-refractivity contribution in [1.29, 1.82) is 0 Å². The zero-order valence-electron chi connectivity index (χ0n) is 21.8. The normalized spacial score (nSPS) is 15.0. The van der Waals surface area contributed by atoms with Crippen LogP contribution in [0.3, 0.4) is 0 Å². The maximum atomic E-state index is 5.74. The summed E-state index contributed by atoms with van der Waals surface area (Å²) in [5.41, 5.74) is 4.30. The molecule has 1 N–H and O–H groups in total. The number of para-hydroxylation sites is 2. The first-order chi connectivity index (χ1) is 14.9. The summed E-state index contributed by atoms with van der Waals surface area (Å²) in [5.74, 6) is 1.05. The molecule has 33 heavy (non-hydrogen) atoms. The Morgan fingerprint density at radius 1 is 0.970 bits per heavy atom. The predicted molar refractivity (Wildman–Crippen MR) is 144 cm³/mol. The van der Waals surface area contributed by atoms with E-state index in [2.05, 4.69) is 112 Å². The van der Waals surface area contributed by atoms with E-state index in [1.165, 1.54) is 11.3 Å². The predicted octanol–water partition coefficient (Wildman–Crippen LogP) is 7.20. The van der Waals surface area contributed by atoms with Crippen LogP contribution in [-0.4, -0.2) is 39.0 Å². The number of ether oxygens (including phenoxy) is 1. The van der Waals surface area contributed by atoms with Crippen molar-refractivity contribution in [3.63, 3.8) is 0 Å². The molecule has 0 spiro atoms. The number of aliphatic hydroxyl groups is 1. The van der Waals surface area contributed by atoms with Gasteiger partial charge >= 0.3 is 90.3 Å². The van der Waals surface area contributed by atoms with Gasteiger partial charge in [-0.05, 0) is 49.9 Å². The fourth-order valence-corrected chi connectivity index (χ4v) is 4.68. The van der Waals surface area contributed by atoms with Gasteiger partial charge in [0.1, 0.15) is 0 Å². The Balaban J connectivity index is 0.000000343. The smallest absolute Gasteiger partial charge is 0.358 e.